The Morgan fingerprint density at radius 1 is 0.800 bits per heavy atom. The van der Waals surface area contributed by atoms with Gasteiger partial charge in [-0.05, 0) is 0 Å². The van der Waals surface area contributed by atoms with Crippen molar-refractivity contribution >= 4 is 20.8 Å². The van der Waals surface area contributed by atoms with E-state index in [0.29, 0.717) is 0 Å². The third-order valence-corrected chi connectivity index (χ3v) is 3.38. The molecule has 0 radical (unpaired) electrons. The van der Waals surface area contributed by atoms with Crippen molar-refractivity contribution in [1.82, 2.24) is 0 Å². The highest BCUT2D eigenvalue weighted by Gasteiger charge is 2.40. The Morgan fingerprint density at radius 3 is 1.47 bits per heavy atom. The largest absolute Gasteiger partial charge is 0.418 e. The van der Waals surface area contributed by atoms with Gasteiger partial charge in [0.15, 0.2) is 6.10 Å². The first kappa shape index (κ1) is 12.7. The Morgan fingerprint density at radius 2 is 1.13 bits per heavy atom. The van der Waals surface area contributed by atoms with E-state index < -0.39 is 39.5 Å². The topological polar surface area (TPSA) is 157 Å². The zero-order chi connectivity index (χ0) is 11.9. The van der Waals surface area contributed by atoms with E-state index in [2.05, 4.69) is 12.0 Å². The van der Waals surface area contributed by atoms with Gasteiger partial charge in [-0.1, -0.05) is 0 Å². The first-order valence-corrected chi connectivity index (χ1v) is 5.91. The third kappa shape index (κ3) is 3.32. The van der Waals surface area contributed by atoms with Gasteiger partial charge in [-0.15, -0.1) is 3.63 Å². The van der Waals surface area contributed by atoms with Crippen molar-refractivity contribution in [2.75, 3.05) is 0 Å². The first-order chi connectivity index (χ1) is 6.63. The van der Waals surface area contributed by atoms with Crippen LogP contribution in [-0.4, -0.2) is 50.8 Å². The standard InChI is InChI=1S/C3H6O10S2/c4-1-2(5)11-14(7,8)13-15(9,10)12-3(1)6/h1-6H. The molecule has 0 aliphatic carbocycles. The molecule has 15 heavy (non-hydrogen) atoms. The lowest BCUT2D eigenvalue weighted by Gasteiger charge is -2.23. The van der Waals surface area contributed by atoms with Gasteiger partial charge in [-0.2, -0.15) is 16.8 Å². The summed E-state index contributed by atoms with van der Waals surface area (Å²) in [6.45, 7) is 0. The molecule has 1 aliphatic heterocycles. The van der Waals surface area contributed by atoms with Crippen molar-refractivity contribution < 1.29 is 44.2 Å². The summed E-state index contributed by atoms with van der Waals surface area (Å²) in [5.41, 5.74) is 0. The summed E-state index contributed by atoms with van der Waals surface area (Å²) in [5.74, 6) is 0. The fourth-order valence-electron chi connectivity index (χ4n) is 0.630. The van der Waals surface area contributed by atoms with Gasteiger partial charge in [0.2, 0.25) is 12.6 Å². The molecule has 2 atom stereocenters. The number of aliphatic hydroxyl groups is 3. The van der Waals surface area contributed by atoms with Crippen LogP contribution in [0.3, 0.4) is 0 Å². The van der Waals surface area contributed by atoms with E-state index in [1.165, 1.54) is 0 Å². The van der Waals surface area contributed by atoms with Crippen molar-refractivity contribution in [2.24, 2.45) is 0 Å². The molecule has 3 N–H and O–H groups in total. The van der Waals surface area contributed by atoms with Gasteiger partial charge in [0.05, 0.1) is 0 Å². The van der Waals surface area contributed by atoms with Gasteiger partial charge in [-0.25, -0.2) is 8.37 Å². The lowest BCUT2D eigenvalue weighted by Crippen LogP contribution is -2.45. The second kappa shape index (κ2) is 3.91. The number of rotatable bonds is 0. The molecule has 1 heterocycles. The van der Waals surface area contributed by atoms with Crippen LogP contribution in [0.15, 0.2) is 0 Å². The molecule has 90 valence electrons. The van der Waals surface area contributed by atoms with Crippen LogP contribution in [0, 0.1) is 0 Å². The summed E-state index contributed by atoms with van der Waals surface area (Å²) in [4.78, 5) is 0. The summed E-state index contributed by atoms with van der Waals surface area (Å²) in [5, 5.41) is 26.5. The van der Waals surface area contributed by atoms with E-state index in [9.17, 15) is 16.8 Å². The molecule has 0 saturated carbocycles. The normalized spacial score (nSPS) is 40.3. The molecule has 1 rings (SSSR count). The molecule has 0 bridgehead atoms. The molecule has 1 aliphatic rings. The zero-order valence-electron chi connectivity index (χ0n) is 6.75. The van der Waals surface area contributed by atoms with Crippen molar-refractivity contribution in [3.63, 3.8) is 0 Å². The van der Waals surface area contributed by atoms with E-state index in [-0.39, 0.29) is 0 Å². The van der Waals surface area contributed by atoms with Gasteiger partial charge in [0, 0.05) is 0 Å². The second-order valence-electron chi connectivity index (χ2n) is 2.35. The fourth-order valence-corrected chi connectivity index (χ4v) is 2.41. The highest BCUT2D eigenvalue weighted by molar-refractivity contribution is 7.95. The molecule has 1 fully saturated rings. The van der Waals surface area contributed by atoms with E-state index in [1.807, 2.05) is 0 Å². The van der Waals surface area contributed by atoms with Gasteiger partial charge in [0.25, 0.3) is 0 Å². The molecular formula is C3H6O10S2. The Balaban J connectivity index is 3.06. The van der Waals surface area contributed by atoms with Gasteiger partial charge in [0.1, 0.15) is 0 Å². The zero-order valence-corrected chi connectivity index (χ0v) is 8.38. The minimum absolute atomic E-state index is 2.29. The summed E-state index contributed by atoms with van der Waals surface area (Å²) in [6.07, 6.45) is -7.13. The summed E-state index contributed by atoms with van der Waals surface area (Å²) in [6, 6.07) is 0. The molecule has 12 heteroatoms. The van der Waals surface area contributed by atoms with Crippen LogP contribution in [-0.2, 0) is 32.8 Å². The monoisotopic (exact) mass is 266 g/mol. The quantitative estimate of drug-likeness (QED) is 0.402. The predicted molar refractivity (Wildman–Crippen MR) is 39.1 cm³/mol. The highest BCUT2D eigenvalue weighted by atomic mass is 32.3. The predicted octanol–water partition coefficient (Wildman–Crippen LogP) is -3.46. The van der Waals surface area contributed by atoms with Crippen molar-refractivity contribution in [3.05, 3.63) is 0 Å². The van der Waals surface area contributed by atoms with E-state index in [0.717, 1.165) is 0 Å². The van der Waals surface area contributed by atoms with Gasteiger partial charge < -0.3 is 15.3 Å². The Labute approximate surface area is 84.3 Å². The first-order valence-electron chi connectivity index (χ1n) is 3.25. The highest BCUT2D eigenvalue weighted by Crippen LogP contribution is 2.17. The van der Waals surface area contributed by atoms with Crippen LogP contribution in [0.2, 0.25) is 0 Å². The molecule has 0 spiro atoms. The van der Waals surface area contributed by atoms with Crippen LogP contribution in [0.1, 0.15) is 0 Å². The smallest absolute Gasteiger partial charge is 0.382 e. The molecule has 0 aromatic carbocycles. The molecule has 2 unspecified atom stereocenters. The average molecular weight is 266 g/mol. The number of aliphatic hydroxyl groups excluding tert-OH is 3. The molecule has 0 amide bonds. The Kier molecular flexibility index (Phi) is 3.32. The molecule has 0 aromatic heterocycles. The van der Waals surface area contributed by atoms with Crippen LogP contribution in [0.5, 0.6) is 0 Å². The molecule has 1 saturated heterocycles. The lowest BCUT2D eigenvalue weighted by atomic mass is 10.3. The van der Waals surface area contributed by atoms with Crippen molar-refractivity contribution in [2.45, 2.75) is 18.7 Å². The minimum atomic E-state index is -5.09. The van der Waals surface area contributed by atoms with E-state index in [4.69, 9.17) is 15.3 Å². The molecule has 10 nitrogen and oxygen atoms in total. The lowest BCUT2D eigenvalue weighted by molar-refractivity contribution is -0.196. The maximum absolute atomic E-state index is 10.6. The van der Waals surface area contributed by atoms with E-state index >= 15 is 0 Å². The Bertz CT molecular complexity index is 380. The maximum Gasteiger partial charge on any atom is 0.418 e. The van der Waals surface area contributed by atoms with E-state index in [1.54, 1.807) is 0 Å². The number of hydrogen-bond donors (Lipinski definition) is 3. The van der Waals surface area contributed by atoms with Crippen molar-refractivity contribution in [3.8, 4) is 0 Å². The molecule has 0 aromatic rings. The maximum atomic E-state index is 10.6. The van der Waals surface area contributed by atoms with Crippen LogP contribution >= 0.6 is 0 Å². The van der Waals surface area contributed by atoms with Crippen molar-refractivity contribution in [1.29, 1.82) is 0 Å². The molecular weight excluding hydrogens is 260 g/mol. The SMILES string of the molecule is O=S1(=O)OC(O)C(O)C(O)OS(=O)(=O)O1. The van der Waals surface area contributed by atoms with Crippen LogP contribution in [0.25, 0.3) is 0 Å². The van der Waals surface area contributed by atoms with Gasteiger partial charge >= 0.3 is 20.8 Å². The average Bonchev–Trinajstić information content (AvgIpc) is 1.96. The van der Waals surface area contributed by atoms with Crippen LogP contribution in [0.4, 0.5) is 0 Å². The number of hydrogen-bond acceptors (Lipinski definition) is 10. The summed E-state index contributed by atoms with van der Waals surface area (Å²) in [7, 11) is -10.2. The van der Waals surface area contributed by atoms with Crippen LogP contribution < -0.4 is 0 Å². The van der Waals surface area contributed by atoms with Gasteiger partial charge in [-0.3, -0.25) is 0 Å². The fraction of sp³-hybridized carbons (Fsp3) is 1.00. The summed E-state index contributed by atoms with van der Waals surface area (Å²) >= 11 is 0. The summed E-state index contributed by atoms with van der Waals surface area (Å²) < 4.78 is 53.2. The minimum Gasteiger partial charge on any atom is -0.382 e. The second-order valence-corrected chi connectivity index (χ2v) is 4.91. The Hall–Kier alpha value is -0.340. The third-order valence-electron chi connectivity index (χ3n) is 1.18.